The molecule has 2 aliphatic rings. The van der Waals surface area contributed by atoms with Crippen molar-refractivity contribution in [3.05, 3.63) is 12.2 Å². The van der Waals surface area contributed by atoms with Gasteiger partial charge in [-0.15, -0.1) is 0 Å². The quantitative estimate of drug-likeness (QED) is 0.702. The summed E-state index contributed by atoms with van der Waals surface area (Å²) in [5.74, 6) is 0.719. The van der Waals surface area contributed by atoms with E-state index in [0.29, 0.717) is 18.2 Å². The Hall–Kier alpha value is -0.340. The molecule has 0 aromatic rings. The van der Waals surface area contributed by atoms with Gasteiger partial charge in [0, 0.05) is 12.0 Å². The molecule has 0 spiro atoms. The Labute approximate surface area is 93.1 Å². The van der Waals surface area contributed by atoms with E-state index in [1.807, 2.05) is 0 Å². The second-order valence-corrected chi connectivity index (χ2v) is 4.98. The van der Waals surface area contributed by atoms with E-state index in [2.05, 4.69) is 25.9 Å². The van der Waals surface area contributed by atoms with Gasteiger partial charge in [0.25, 0.3) is 0 Å². The zero-order valence-electron chi connectivity index (χ0n) is 9.96. The summed E-state index contributed by atoms with van der Waals surface area (Å²) in [6.45, 7) is 6.30. The average molecular weight is 209 g/mol. The summed E-state index contributed by atoms with van der Waals surface area (Å²) in [5.41, 5.74) is 1.36. The molecule has 86 valence electrons. The molecule has 0 aromatic carbocycles. The molecule has 4 atom stereocenters. The lowest BCUT2D eigenvalue weighted by molar-refractivity contribution is 0.0863. The summed E-state index contributed by atoms with van der Waals surface area (Å²) < 4.78 is 5.91. The minimum Gasteiger partial charge on any atom is -0.375 e. The average Bonchev–Trinajstić information content (AvgIpc) is 2.86. The molecular weight excluding hydrogens is 186 g/mol. The van der Waals surface area contributed by atoms with Gasteiger partial charge < -0.3 is 10.1 Å². The third kappa shape index (κ3) is 2.26. The smallest absolute Gasteiger partial charge is 0.0623 e. The summed E-state index contributed by atoms with van der Waals surface area (Å²) in [7, 11) is 2.07. The van der Waals surface area contributed by atoms with E-state index in [1.165, 1.54) is 24.8 Å². The van der Waals surface area contributed by atoms with E-state index in [-0.39, 0.29) is 0 Å². The van der Waals surface area contributed by atoms with E-state index >= 15 is 0 Å². The monoisotopic (exact) mass is 209 g/mol. The lowest BCUT2D eigenvalue weighted by atomic mass is 9.81. The Morgan fingerprint density at radius 3 is 2.80 bits per heavy atom. The summed E-state index contributed by atoms with van der Waals surface area (Å²) in [6, 6.07) is 0.577. The second kappa shape index (κ2) is 4.67. The predicted molar refractivity (Wildman–Crippen MR) is 62.9 cm³/mol. The van der Waals surface area contributed by atoms with E-state index < -0.39 is 0 Å². The largest absolute Gasteiger partial charge is 0.375 e. The van der Waals surface area contributed by atoms with E-state index in [0.717, 1.165) is 18.8 Å². The maximum Gasteiger partial charge on any atom is 0.0623 e. The highest BCUT2D eigenvalue weighted by molar-refractivity contribution is 5.02. The zero-order valence-corrected chi connectivity index (χ0v) is 9.96. The molecule has 2 heteroatoms. The van der Waals surface area contributed by atoms with Crippen molar-refractivity contribution < 1.29 is 4.74 Å². The van der Waals surface area contributed by atoms with Gasteiger partial charge in [0.15, 0.2) is 0 Å². The first-order chi connectivity index (χ1) is 7.24. The number of fused-ring (bicyclic) bond motifs is 2. The summed E-state index contributed by atoms with van der Waals surface area (Å²) in [5, 5.41) is 3.45. The molecule has 0 aliphatic carbocycles. The van der Waals surface area contributed by atoms with Gasteiger partial charge in [0.2, 0.25) is 0 Å². The van der Waals surface area contributed by atoms with Gasteiger partial charge in [0.1, 0.15) is 0 Å². The van der Waals surface area contributed by atoms with Crippen molar-refractivity contribution in [1.82, 2.24) is 5.32 Å². The molecule has 0 radical (unpaired) electrons. The van der Waals surface area contributed by atoms with Crippen molar-refractivity contribution in [2.45, 2.75) is 57.3 Å². The number of hydrogen-bond donors (Lipinski definition) is 1. The Balaban J connectivity index is 1.92. The normalized spacial score (nSPS) is 35.7. The standard InChI is InChI=1S/C13H23NO/c1-4-9(2)7-12(14-3)11-8-10-5-6-13(11)15-10/h10-14H,2,4-8H2,1,3H3. The van der Waals surface area contributed by atoms with Gasteiger partial charge in [-0.3, -0.25) is 0 Å². The van der Waals surface area contributed by atoms with Crippen LogP contribution in [-0.4, -0.2) is 25.3 Å². The number of ether oxygens (including phenoxy) is 1. The van der Waals surface area contributed by atoms with E-state index in [4.69, 9.17) is 4.74 Å². The molecule has 2 saturated heterocycles. The molecule has 0 amide bonds. The van der Waals surface area contributed by atoms with Crippen LogP contribution in [0.3, 0.4) is 0 Å². The summed E-state index contributed by atoms with van der Waals surface area (Å²) in [4.78, 5) is 0. The van der Waals surface area contributed by atoms with Gasteiger partial charge in [-0.05, 0) is 39.2 Å². The molecule has 2 heterocycles. The van der Waals surface area contributed by atoms with Gasteiger partial charge in [-0.2, -0.15) is 0 Å². The highest BCUT2D eigenvalue weighted by Crippen LogP contribution is 2.41. The van der Waals surface area contributed by atoms with Crippen LogP contribution in [-0.2, 0) is 4.74 Å². The van der Waals surface area contributed by atoms with Crippen molar-refractivity contribution in [1.29, 1.82) is 0 Å². The van der Waals surface area contributed by atoms with Crippen molar-refractivity contribution in [2.75, 3.05) is 7.05 Å². The molecule has 1 N–H and O–H groups in total. The molecule has 2 bridgehead atoms. The molecular formula is C13H23NO. The second-order valence-electron chi connectivity index (χ2n) is 4.98. The Bertz CT molecular complexity index is 239. The molecule has 0 saturated carbocycles. The first-order valence-corrected chi connectivity index (χ1v) is 6.24. The van der Waals surface area contributed by atoms with Crippen LogP contribution in [0.15, 0.2) is 12.2 Å². The highest BCUT2D eigenvalue weighted by atomic mass is 16.5. The fourth-order valence-electron chi connectivity index (χ4n) is 3.02. The Kier molecular flexibility index (Phi) is 3.47. The van der Waals surface area contributed by atoms with Crippen LogP contribution >= 0.6 is 0 Å². The third-order valence-corrected chi connectivity index (χ3v) is 4.05. The summed E-state index contributed by atoms with van der Waals surface area (Å²) in [6.07, 6.45) is 7.11. The fourth-order valence-corrected chi connectivity index (χ4v) is 3.02. The van der Waals surface area contributed by atoms with E-state index in [1.54, 1.807) is 0 Å². The van der Waals surface area contributed by atoms with Crippen LogP contribution in [0.5, 0.6) is 0 Å². The zero-order chi connectivity index (χ0) is 10.8. The molecule has 2 rings (SSSR count). The first-order valence-electron chi connectivity index (χ1n) is 6.24. The van der Waals surface area contributed by atoms with Crippen molar-refractivity contribution >= 4 is 0 Å². The van der Waals surface area contributed by atoms with Crippen molar-refractivity contribution in [2.24, 2.45) is 5.92 Å². The molecule has 4 unspecified atom stereocenters. The maximum atomic E-state index is 5.91. The predicted octanol–water partition coefficient (Wildman–Crippen LogP) is 2.50. The van der Waals surface area contributed by atoms with Crippen LogP contribution in [0, 0.1) is 5.92 Å². The fraction of sp³-hybridized carbons (Fsp3) is 0.846. The maximum absolute atomic E-state index is 5.91. The molecule has 2 nitrogen and oxygen atoms in total. The van der Waals surface area contributed by atoms with Crippen LogP contribution < -0.4 is 5.32 Å². The van der Waals surface area contributed by atoms with Gasteiger partial charge in [0.05, 0.1) is 12.2 Å². The van der Waals surface area contributed by atoms with Gasteiger partial charge in [-0.25, -0.2) is 0 Å². The lowest BCUT2D eigenvalue weighted by Crippen LogP contribution is -2.39. The molecule has 0 aromatic heterocycles. The minimum atomic E-state index is 0.525. The van der Waals surface area contributed by atoms with Crippen molar-refractivity contribution in [3.8, 4) is 0 Å². The number of rotatable bonds is 5. The number of hydrogen-bond acceptors (Lipinski definition) is 2. The minimum absolute atomic E-state index is 0.525. The van der Waals surface area contributed by atoms with Crippen LogP contribution in [0.1, 0.15) is 39.0 Å². The van der Waals surface area contributed by atoms with Crippen LogP contribution in [0.2, 0.25) is 0 Å². The number of nitrogens with one attached hydrogen (secondary N) is 1. The van der Waals surface area contributed by atoms with E-state index in [9.17, 15) is 0 Å². The van der Waals surface area contributed by atoms with Crippen LogP contribution in [0.25, 0.3) is 0 Å². The molecule has 15 heavy (non-hydrogen) atoms. The third-order valence-electron chi connectivity index (χ3n) is 4.05. The molecule has 2 aliphatic heterocycles. The Morgan fingerprint density at radius 2 is 2.33 bits per heavy atom. The summed E-state index contributed by atoms with van der Waals surface area (Å²) >= 11 is 0. The first kappa shape index (κ1) is 11.2. The molecule has 2 fully saturated rings. The Morgan fingerprint density at radius 1 is 1.53 bits per heavy atom. The van der Waals surface area contributed by atoms with Crippen LogP contribution in [0.4, 0.5) is 0 Å². The lowest BCUT2D eigenvalue weighted by Gasteiger charge is -2.28. The van der Waals surface area contributed by atoms with Gasteiger partial charge >= 0.3 is 0 Å². The topological polar surface area (TPSA) is 21.3 Å². The SMILES string of the molecule is C=C(CC)CC(NC)C1CC2CCC1O2. The highest BCUT2D eigenvalue weighted by Gasteiger charge is 2.43. The van der Waals surface area contributed by atoms with Gasteiger partial charge in [-0.1, -0.05) is 19.1 Å². The van der Waals surface area contributed by atoms with Crippen molar-refractivity contribution in [3.63, 3.8) is 0 Å².